The highest BCUT2D eigenvalue weighted by atomic mass is 32.2. The normalized spacial score (nSPS) is 21.9. The molecule has 1 rings (SSSR count). The summed E-state index contributed by atoms with van der Waals surface area (Å²) >= 11 is 1.84. The molecule has 1 aliphatic rings. The highest BCUT2D eigenvalue weighted by Gasteiger charge is 2.32. The van der Waals surface area contributed by atoms with Gasteiger partial charge >= 0.3 is 0 Å². The molecule has 0 spiro atoms. The lowest BCUT2D eigenvalue weighted by molar-refractivity contribution is -0.116. The van der Waals surface area contributed by atoms with Gasteiger partial charge in [-0.05, 0) is 25.0 Å². The molecule has 0 saturated carbocycles. The van der Waals surface area contributed by atoms with Crippen LogP contribution in [0.15, 0.2) is 11.3 Å². The average Bonchev–Trinajstić information content (AvgIpc) is 2.36. The number of nitrogens with one attached hydrogen (secondary N) is 1. The molecule has 0 amide bonds. The van der Waals surface area contributed by atoms with Gasteiger partial charge in [-0.1, -0.05) is 27.2 Å². The summed E-state index contributed by atoms with van der Waals surface area (Å²) in [6.07, 6.45) is 3.69. The van der Waals surface area contributed by atoms with Crippen molar-refractivity contribution in [1.82, 2.24) is 0 Å². The molecule has 0 aromatic heterocycles. The molecule has 0 aliphatic heterocycles. The number of carbonyl (C=O) groups is 1. The van der Waals surface area contributed by atoms with Gasteiger partial charge in [-0.2, -0.15) is 11.8 Å². The standard InChI is InChI=1S/C15H25NO2S/c1-4-6-7-12-13(17)9-11(14(16)15(12)18)8-10(3)19-5-2/h10-11,16,18H,4-9H2,1-3H3. The number of thioether (sulfide) groups is 1. The first-order valence-corrected chi connectivity index (χ1v) is 8.21. The zero-order valence-corrected chi connectivity index (χ0v) is 13.0. The molecule has 2 atom stereocenters. The summed E-state index contributed by atoms with van der Waals surface area (Å²) < 4.78 is 0. The maximum Gasteiger partial charge on any atom is 0.163 e. The Kier molecular flexibility index (Phi) is 6.63. The Morgan fingerprint density at radius 3 is 2.74 bits per heavy atom. The molecule has 3 nitrogen and oxygen atoms in total. The van der Waals surface area contributed by atoms with E-state index >= 15 is 0 Å². The van der Waals surface area contributed by atoms with Crippen LogP contribution in [0.3, 0.4) is 0 Å². The maximum absolute atomic E-state index is 12.1. The number of Topliss-reactive ketones (excluding diaryl/α,β-unsaturated/α-hetero) is 1. The van der Waals surface area contributed by atoms with Gasteiger partial charge < -0.3 is 10.5 Å². The molecule has 0 saturated heterocycles. The predicted octanol–water partition coefficient (Wildman–Crippen LogP) is 4.13. The first-order valence-electron chi connectivity index (χ1n) is 7.16. The molecule has 0 fully saturated rings. The quantitative estimate of drug-likeness (QED) is 0.738. The number of rotatable bonds is 7. The summed E-state index contributed by atoms with van der Waals surface area (Å²) in [5.74, 6) is 0.939. The van der Waals surface area contributed by atoms with Crippen molar-refractivity contribution in [2.24, 2.45) is 5.92 Å². The topological polar surface area (TPSA) is 61.1 Å². The lowest BCUT2D eigenvalue weighted by Gasteiger charge is -2.26. The van der Waals surface area contributed by atoms with Crippen LogP contribution in [0, 0.1) is 11.3 Å². The van der Waals surface area contributed by atoms with E-state index in [-0.39, 0.29) is 23.2 Å². The lowest BCUT2D eigenvalue weighted by Crippen LogP contribution is -2.30. The second kappa shape index (κ2) is 7.73. The Morgan fingerprint density at radius 2 is 2.16 bits per heavy atom. The minimum absolute atomic E-state index is 0.0385. The van der Waals surface area contributed by atoms with E-state index in [2.05, 4.69) is 20.8 Å². The molecule has 0 radical (unpaired) electrons. The molecule has 1 aliphatic carbocycles. The number of hydrogen-bond donors (Lipinski definition) is 2. The van der Waals surface area contributed by atoms with E-state index < -0.39 is 0 Å². The molecule has 0 heterocycles. The molecule has 2 N–H and O–H groups in total. The number of aliphatic hydroxyl groups is 1. The van der Waals surface area contributed by atoms with E-state index in [0.29, 0.717) is 23.7 Å². The minimum atomic E-state index is -0.105. The number of unbranched alkanes of at least 4 members (excludes halogenated alkanes) is 1. The third-order valence-electron chi connectivity index (χ3n) is 3.57. The molecule has 0 aromatic rings. The Balaban J connectivity index is 2.75. The van der Waals surface area contributed by atoms with Crippen molar-refractivity contribution in [1.29, 1.82) is 5.41 Å². The summed E-state index contributed by atoms with van der Waals surface area (Å²) in [4.78, 5) is 12.1. The highest BCUT2D eigenvalue weighted by Crippen LogP contribution is 2.31. The van der Waals surface area contributed by atoms with Crippen LogP contribution in [0.4, 0.5) is 0 Å². The van der Waals surface area contributed by atoms with Crippen LogP contribution < -0.4 is 0 Å². The fourth-order valence-corrected chi connectivity index (χ4v) is 3.44. The Morgan fingerprint density at radius 1 is 1.47 bits per heavy atom. The molecule has 0 aromatic carbocycles. The van der Waals surface area contributed by atoms with E-state index in [1.165, 1.54) is 0 Å². The van der Waals surface area contributed by atoms with Crippen LogP contribution in [-0.4, -0.2) is 27.6 Å². The second-order valence-corrected chi connectivity index (χ2v) is 6.89. The van der Waals surface area contributed by atoms with Crippen molar-refractivity contribution >= 4 is 23.3 Å². The summed E-state index contributed by atoms with van der Waals surface area (Å²) in [7, 11) is 0. The first-order chi connectivity index (χ1) is 9.01. The van der Waals surface area contributed by atoms with Gasteiger partial charge in [-0.3, -0.25) is 4.79 Å². The number of aliphatic hydroxyl groups excluding tert-OH is 1. The predicted molar refractivity (Wildman–Crippen MR) is 82.2 cm³/mol. The molecule has 2 unspecified atom stereocenters. The van der Waals surface area contributed by atoms with Crippen molar-refractivity contribution in [2.45, 2.75) is 58.1 Å². The second-order valence-electron chi connectivity index (χ2n) is 5.17. The van der Waals surface area contributed by atoms with E-state index in [0.717, 1.165) is 25.0 Å². The number of carbonyl (C=O) groups excluding carboxylic acids is 1. The monoisotopic (exact) mass is 283 g/mol. The van der Waals surface area contributed by atoms with Gasteiger partial charge in [0, 0.05) is 23.2 Å². The van der Waals surface area contributed by atoms with Gasteiger partial charge in [0.1, 0.15) is 5.76 Å². The summed E-state index contributed by atoms with van der Waals surface area (Å²) in [5.41, 5.74) is 0.758. The molecule has 108 valence electrons. The van der Waals surface area contributed by atoms with Crippen LogP contribution >= 0.6 is 11.8 Å². The third kappa shape index (κ3) is 4.37. The molecular weight excluding hydrogens is 258 g/mol. The summed E-state index contributed by atoms with van der Waals surface area (Å²) in [5, 5.41) is 18.6. The molecule has 19 heavy (non-hydrogen) atoms. The van der Waals surface area contributed by atoms with Crippen molar-refractivity contribution in [2.75, 3.05) is 5.75 Å². The van der Waals surface area contributed by atoms with E-state index in [1.54, 1.807) is 0 Å². The van der Waals surface area contributed by atoms with Crippen LogP contribution in [0.1, 0.15) is 52.9 Å². The zero-order valence-electron chi connectivity index (χ0n) is 12.2. The van der Waals surface area contributed by atoms with Crippen LogP contribution in [0.25, 0.3) is 0 Å². The molecule has 4 heteroatoms. The van der Waals surface area contributed by atoms with Crippen molar-refractivity contribution < 1.29 is 9.90 Å². The van der Waals surface area contributed by atoms with Gasteiger partial charge in [-0.25, -0.2) is 0 Å². The Labute approximate surface area is 120 Å². The largest absolute Gasteiger partial charge is 0.506 e. The molecular formula is C15H25NO2S. The van der Waals surface area contributed by atoms with E-state index in [1.807, 2.05) is 11.8 Å². The van der Waals surface area contributed by atoms with Crippen molar-refractivity contribution in [3.63, 3.8) is 0 Å². The van der Waals surface area contributed by atoms with E-state index in [9.17, 15) is 9.90 Å². The summed E-state index contributed by atoms with van der Waals surface area (Å²) in [6, 6.07) is 0. The zero-order chi connectivity index (χ0) is 14.4. The van der Waals surface area contributed by atoms with Crippen LogP contribution in [0.2, 0.25) is 0 Å². The minimum Gasteiger partial charge on any atom is -0.506 e. The fraction of sp³-hybridized carbons (Fsp3) is 0.733. The number of hydrogen-bond acceptors (Lipinski definition) is 4. The smallest absolute Gasteiger partial charge is 0.163 e. The molecule has 0 bridgehead atoms. The fourth-order valence-electron chi connectivity index (χ4n) is 2.50. The van der Waals surface area contributed by atoms with Crippen LogP contribution in [-0.2, 0) is 4.79 Å². The Bertz CT molecular complexity index is 376. The van der Waals surface area contributed by atoms with Crippen LogP contribution in [0.5, 0.6) is 0 Å². The highest BCUT2D eigenvalue weighted by molar-refractivity contribution is 7.99. The van der Waals surface area contributed by atoms with Crippen molar-refractivity contribution in [3.8, 4) is 0 Å². The van der Waals surface area contributed by atoms with Gasteiger partial charge in [0.25, 0.3) is 0 Å². The van der Waals surface area contributed by atoms with Gasteiger partial charge in [0.05, 0.1) is 5.71 Å². The van der Waals surface area contributed by atoms with Crippen molar-refractivity contribution in [3.05, 3.63) is 11.3 Å². The summed E-state index contributed by atoms with van der Waals surface area (Å²) in [6.45, 7) is 6.29. The number of ketones is 1. The van der Waals surface area contributed by atoms with Gasteiger partial charge in [-0.15, -0.1) is 0 Å². The number of allylic oxidation sites excluding steroid dienone is 2. The van der Waals surface area contributed by atoms with Gasteiger partial charge in [0.15, 0.2) is 5.78 Å². The van der Waals surface area contributed by atoms with E-state index in [4.69, 9.17) is 5.41 Å². The van der Waals surface area contributed by atoms with Gasteiger partial charge in [0.2, 0.25) is 0 Å². The first kappa shape index (κ1) is 16.3. The third-order valence-corrected chi connectivity index (χ3v) is 4.66. The lowest BCUT2D eigenvalue weighted by atomic mass is 9.81. The SMILES string of the molecule is CCCCC1=C(O)C(=N)C(CC(C)SCC)CC1=O. The maximum atomic E-state index is 12.1. The Hall–Kier alpha value is -0.770. The average molecular weight is 283 g/mol.